The van der Waals surface area contributed by atoms with Gasteiger partial charge >= 0.3 is 0 Å². The molecule has 20 heavy (non-hydrogen) atoms. The van der Waals surface area contributed by atoms with Crippen LogP contribution in [0.5, 0.6) is 0 Å². The Kier molecular flexibility index (Phi) is 5.16. The Morgan fingerprint density at radius 1 is 1.00 bits per heavy atom. The summed E-state index contributed by atoms with van der Waals surface area (Å²) >= 11 is 24.5. The Bertz CT molecular complexity index is 632. The first-order chi connectivity index (χ1) is 9.45. The van der Waals surface area contributed by atoms with E-state index in [1.807, 2.05) is 0 Å². The average molecular weight is 353 g/mol. The van der Waals surface area contributed by atoms with E-state index in [1.165, 1.54) is 18.2 Å². The fourth-order valence-electron chi connectivity index (χ4n) is 1.94. The van der Waals surface area contributed by atoms with Gasteiger partial charge in [0.05, 0.1) is 20.1 Å². The monoisotopic (exact) mass is 351 g/mol. The molecule has 0 amide bonds. The molecule has 0 fully saturated rings. The Labute approximate surface area is 136 Å². The summed E-state index contributed by atoms with van der Waals surface area (Å²) in [4.78, 5) is 0. The van der Waals surface area contributed by atoms with Crippen molar-refractivity contribution in [3.63, 3.8) is 0 Å². The van der Waals surface area contributed by atoms with Crippen LogP contribution in [0.1, 0.15) is 5.56 Å². The lowest BCUT2D eigenvalue weighted by atomic mass is 9.99. The molecule has 0 saturated heterocycles. The predicted octanol–water partition coefficient (Wildman–Crippen LogP) is 5.83. The summed E-state index contributed by atoms with van der Waals surface area (Å²) in [7, 11) is 1.79. The minimum Gasteiger partial charge on any atom is -0.316 e. The fourth-order valence-corrected chi connectivity index (χ4v) is 2.95. The second kappa shape index (κ2) is 6.50. The van der Waals surface area contributed by atoms with Crippen LogP contribution in [0.15, 0.2) is 24.3 Å². The van der Waals surface area contributed by atoms with E-state index in [0.29, 0.717) is 17.7 Å². The zero-order chi connectivity index (χ0) is 14.9. The van der Waals surface area contributed by atoms with Crippen LogP contribution in [-0.2, 0) is 6.54 Å². The van der Waals surface area contributed by atoms with E-state index < -0.39 is 0 Å². The molecule has 0 aliphatic heterocycles. The zero-order valence-electron chi connectivity index (χ0n) is 10.4. The Balaban J connectivity index is 2.77. The van der Waals surface area contributed by atoms with Gasteiger partial charge in [-0.15, -0.1) is 0 Å². The molecule has 0 radical (unpaired) electrons. The van der Waals surface area contributed by atoms with Gasteiger partial charge in [-0.05, 0) is 36.4 Å². The molecule has 0 spiro atoms. The van der Waals surface area contributed by atoms with Gasteiger partial charge in [0.2, 0.25) is 0 Å². The molecule has 1 nitrogen and oxygen atoms in total. The number of nitrogens with one attached hydrogen (secondary N) is 1. The van der Waals surface area contributed by atoms with Gasteiger partial charge in [0.25, 0.3) is 0 Å². The predicted molar refractivity (Wildman–Crippen MR) is 84.6 cm³/mol. The first-order valence-electron chi connectivity index (χ1n) is 5.72. The lowest BCUT2D eigenvalue weighted by Gasteiger charge is -2.15. The lowest BCUT2D eigenvalue weighted by Crippen LogP contribution is -2.07. The van der Waals surface area contributed by atoms with E-state index >= 15 is 0 Å². The average Bonchev–Trinajstić information content (AvgIpc) is 2.40. The minimum absolute atomic E-state index is 0.254. The van der Waals surface area contributed by atoms with Crippen LogP contribution in [0.3, 0.4) is 0 Å². The van der Waals surface area contributed by atoms with E-state index in [-0.39, 0.29) is 25.9 Å². The van der Waals surface area contributed by atoms with Crippen LogP contribution < -0.4 is 5.32 Å². The standard InChI is InChI=1S/C14H10Cl4FN/c1-20-6-7-2-3-8(19)4-9(7)12-13(17)10(15)5-11(16)14(12)18/h2-5,20H,6H2,1H3. The van der Waals surface area contributed by atoms with Crippen LogP contribution in [0.25, 0.3) is 11.1 Å². The number of rotatable bonds is 3. The highest BCUT2D eigenvalue weighted by Gasteiger charge is 2.18. The van der Waals surface area contributed by atoms with Crippen LogP contribution >= 0.6 is 46.4 Å². The van der Waals surface area contributed by atoms with Gasteiger partial charge in [-0.25, -0.2) is 4.39 Å². The second-order valence-corrected chi connectivity index (χ2v) is 5.75. The number of halogens is 5. The molecule has 0 heterocycles. The maximum absolute atomic E-state index is 13.6. The SMILES string of the molecule is CNCc1ccc(F)cc1-c1c(Cl)c(Cl)cc(Cl)c1Cl. The van der Waals surface area contributed by atoms with E-state index in [2.05, 4.69) is 5.32 Å². The molecule has 0 atom stereocenters. The van der Waals surface area contributed by atoms with Gasteiger partial charge in [0.15, 0.2) is 0 Å². The molecular weight excluding hydrogens is 343 g/mol. The molecule has 2 aromatic carbocycles. The van der Waals surface area contributed by atoms with Gasteiger partial charge in [0.1, 0.15) is 5.82 Å². The van der Waals surface area contributed by atoms with Crippen molar-refractivity contribution < 1.29 is 4.39 Å². The Hall–Kier alpha value is -0.510. The number of hydrogen-bond acceptors (Lipinski definition) is 1. The Morgan fingerprint density at radius 3 is 2.15 bits per heavy atom. The van der Waals surface area contributed by atoms with Gasteiger partial charge in [-0.1, -0.05) is 52.5 Å². The summed E-state index contributed by atoms with van der Waals surface area (Å²) in [5.41, 5.74) is 1.85. The van der Waals surface area contributed by atoms with Crippen molar-refractivity contribution in [1.82, 2.24) is 5.32 Å². The van der Waals surface area contributed by atoms with Crippen LogP contribution in [0, 0.1) is 5.82 Å². The summed E-state index contributed by atoms with van der Waals surface area (Å²) in [6, 6.07) is 5.88. The molecule has 2 rings (SSSR count). The van der Waals surface area contributed by atoms with E-state index in [0.717, 1.165) is 5.56 Å². The maximum atomic E-state index is 13.6. The highest BCUT2D eigenvalue weighted by atomic mass is 35.5. The molecular formula is C14H10Cl4FN. The van der Waals surface area contributed by atoms with Crippen LogP contribution in [0.2, 0.25) is 20.1 Å². The normalized spacial score (nSPS) is 10.9. The van der Waals surface area contributed by atoms with Gasteiger partial charge in [-0.2, -0.15) is 0 Å². The summed E-state index contributed by atoms with van der Waals surface area (Å²) in [6.07, 6.45) is 0. The molecule has 6 heteroatoms. The fraction of sp³-hybridized carbons (Fsp3) is 0.143. The quantitative estimate of drug-likeness (QED) is 0.685. The van der Waals surface area contributed by atoms with Crippen LogP contribution in [-0.4, -0.2) is 7.05 Å². The third-order valence-electron chi connectivity index (χ3n) is 2.82. The van der Waals surface area contributed by atoms with Crippen LogP contribution in [0.4, 0.5) is 4.39 Å². The number of benzene rings is 2. The smallest absolute Gasteiger partial charge is 0.123 e. The zero-order valence-corrected chi connectivity index (χ0v) is 13.4. The summed E-state index contributed by atoms with van der Waals surface area (Å²) < 4.78 is 13.6. The summed E-state index contributed by atoms with van der Waals surface area (Å²) in [5.74, 6) is -0.386. The highest BCUT2D eigenvalue weighted by molar-refractivity contribution is 6.50. The first-order valence-corrected chi connectivity index (χ1v) is 7.23. The van der Waals surface area contributed by atoms with Crippen molar-refractivity contribution in [2.45, 2.75) is 6.54 Å². The molecule has 1 N–H and O–H groups in total. The van der Waals surface area contributed by atoms with Crippen molar-refractivity contribution in [3.05, 3.63) is 55.7 Å². The molecule has 0 saturated carbocycles. The van der Waals surface area contributed by atoms with Gasteiger partial charge in [-0.3, -0.25) is 0 Å². The third-order valence-corrected chi connectivity index (χ3v) is 4.40. The third kappa shape index (κ3) is 3.05. The second-order valence-electron chi connectivity index (χ2n) is 4.17. The molecule has 0 aliphatic carbocycles. The van der Waals surface area contributed by atoms with Crippen molar-refractivity contribution in [2.24, 2.45) is 0 Å². The maximum Gasteiger partial charge on any atom is 0.123 e. The molecule has 2 aromatic rings. The molecule has 0 unspecified atom stereocenters. The van der Waals surface area contributed by atoms with E-state index in [4.69, 9.17) is 46.4 Å². The topological polar surface area (TPSA) is 12.0 Å². The first kappa shape index (κ1) is 15.9. The minimum atomic E-state index is -0.386. The summed E-state index contributed by atoms with van der Waals surface area (Å²) in [5, 5.41) is 4.06. The molecule has 0 bridgehead atoms. The largest absolute Gasteiger partial charge is 0.316 e. The van der Waals surface area contributed by atoms with Gasteiger partial charge in [0, 0.05) is 12.1 Å². The van der Waals surface area contributed by atoms with Crippen molar-refractivity contribution >= 4 is 46.4 Å². The lowest BCUT2D eigenvalue weighted by molar-refractivity contribution is 0.627. The molecule has 106 valence electrons. The van der Waals surface area contributed by atoms with E-state index in [9.17, 15) is 4.39 Å². The van der Waals surface area contributed by atoms with Gasteiger partial charge < -0.3 is 5.32 Å². The van der Waals surface area contributed by atoms with Crippen molar-refractivity contribution in [3.8, 4) is 11.1 Å². The summed E-state index contributed by atoms with van der Waals surface area (Å²) in [6.45, 7) is 0.534. The van der Waals surface area contributed by atoms with E-state index in [1.54, 1.807) is 13.1 Å². The van der Waals surface area contributed by atoms with Crippen molar-refractivity contribution in [1.29, 1.82) is 0 Å². The molecule has 0 aliphatic rings. The van der Waals surface area contributed by atoms with Crippen molar-refractivity contribution in [2.75, 3.05) is 7.05 Å². The highest BCUT2D eigenvalue weighted by Crippen LogP contribution is 2.44. The molecule has 0 aromatic heterocycles. The Morgan fingerprint density at radius 2 is 1.60 bits per heavy atom. The number of hydrogen-bond donors (Lipinski definition) is 1.